The third-order valence-corrected chi connectivity index (χ3v) is 2.07. The van der Waals surface area contributed by atoms with Crippen LogP contribution in [0.3, 0.4) is 0 Å². The number of hydrogen-bond donors (Lipinski definition) is 0. The SMILES string of the molecule is C[C@H]1N(C)CCC1(F)F. The largest absolute Gasteiger partial charge is 0.298 e. The van der Waals surface area contributed by atoms with E-state index in [2.05, 4.69) is 0 Å². The number of rotatable bonds is 0. The summed E-state index contributed by atoms with van der Waals surface area (Å²) in [5.74, 6) is -2.45. The van der Waals surface area contributed by atoms with Crippen molar-refractivity contribution in [3.8, 4) is 0 Å². The van der Waals surface area contributed by atoms with Gasteiger partial charge in [-0.3, -0.25) is 4.90 Å². The zero-order valence-electron chi connectivity index (χ0n) is 5.69. The number of hydrogen-bond acceptors (Lipinski definition) is 1. The molecule has 3 heteroatoms. The van der Waals surface area contributed by atoms with Crippen LogP contribution in [0, 0.1) is 0 Å². The predicted molar refractivity (Wildman–Crippen MR) is 31.7 cm³/mol. The van der Waals surface area contributed by atoms with Crippen molar-refractivity contribution in [3.05, 3.63) is 0 Å². The van der Waals surface area contributed by atoms with Gasteiger partial charge in [-0.25, -0.2) is 8.78 Å². The summed E-state index contributed by atoms with van der Waals surface area (Å²) in [6.07, 6.45) is 0.0185. The van der Waals surface area contributed by atoms with E-state index in [0.717, 1.165) is 0 Å². The van der Waals surface area contributed by atoms with Gasteiger partial charge in [-0.05, 0) is 14.0 Å². The summed E-state index contributed by atoms with van der Waals surface area (Å²) in [6.45, 7) is 2.08. The summed E-state index contributed by atoms with van der Waals surface area (Å²) in [4.78, 5) is 1.68. The molecule has 54 valence electrons. The molecule has 1 atom stereocenters. The first kappa shape index (κ1) is 6.93. The lowest BCUT2D eigenvalue weighted by Gasteiger charge is -2.18. The molecular formula is C6H11F2N. The summed E-state index contributed by atoms with van der Waals surface area (Å²) >= 11 is 0. The monoisotopic (exact) mass is 135 g/mol. The highest BCUT2D eigenvalue weighted by molar-refractivity contribution is 4.87. The Hall–Kier alpha value is -0.180. The van der Waals surface area contributed by atoms with Crippen molar-refractivity contribution in [2.24, 2.45) is 0 Å². The van der Waals surface area contributed by atoms with E-state index in [1.807, 2.05) is 0 Å². The third kappa shape index (κ3) is 1.06. The van der Waals surface area contributed by atoms with Crippen LogP contribution in [0.1, 0.15) is 13.3 Å². The number of likely N-dealkylation sites (tertiary alicyclic amines) is 1. The van der Waals surface area contributed by atoms with E-state index < -0.39 is 12.0 Å². The van der Waals surface area contributed by atoms with Crippen LogP contribution in [0.4, 0.5) is 8.78 Å². The second kappa shape index (κ2) is 1.90. The lowest BCUT2D eigenvalue weighted by atomic mass is 10.2. The van der Waals surface area contributed by atoms with Crippen molar-refractivity contribution in [3.63, 3.8) is 0 Å². The average molecular weight is 135 g/mol. The lowest BCUT2D eigenvalue weighted by Crippen LogP contribution is -2.33. The first-order valence-electron chi connectivity index (χ1n) is 3.12. The Morgan fingerprint density at radius 3 is 2.22 bits per heavy atom. The second-order valence-corrected chi connectivity index (χ2v) is 2.67. The summed E-state index contributed by atoms with van der Waals surface area (Å²) in [7, 11) is 1.73. The molecule has 0 amide bonds. The van der Waals surface area contributed by atoms with Gasteiger partial charge >= 0.3 is 0 Å². The quantitative estimate of drug-likeness (QED) is 0.484. The van der Waals surface area contributed by atoms with Gasteiger partial charge in [0.25, 0.3) is 5.92 Å². The van der Waals surface area contributed by atoms with Crippen molar-refractivity contribution in [2.45, 2.75) is 25.3 Å². The lowest BCUT2D eigenvalue weighted by molar-refractivity contribution is -0.0219. The van der Waals surface area contributed by atoms with Crippen molar-refractivity contribution >= 4 is 0 Å². The molecule has 0 unspecified atom stereocenters. The van der Waals surface area contributed by atoms with Gasteiger partial charge in [0.1, 0.15) is 0 Å². The fraction of sp³-hybridized carbons (Fsp3) is 1.00. The minimum Gasteiger partial charge on any atom is -0.298 e. The molecule has 1 rings (SSSR count). The van der Waals surface area contributed by atoms with Gasteiger partial charge in [0.2, 0.25) is 0 Å². The number of halogens is 2. The molecular weight excluding hydrogens is 124 g/mol. The second-order valence-electron chi connectivity index (χ2n) is 2.67. The van der Waals surface area contributed by atoms with Crippen molar-refractivity contribution in [2.75, 3.05) is 13.6 Å². The first-order chi connectivity index (χ1) is 4.04. The van der Waals surface area contributed by atoms with E-state index in [4.69, 9.17) is 0 Å². The van der Waals surface area contributed by atoms with Crippen LogP contribution in [0.25, 0.3) is 0 Å². The Bertz CT molecular complexity index is 114. The zero-order valence-corrected chi connectivity index (χ0v) is 5.69. The van der Waals surface area contributed by atoms with Gasteiger partial charge in [-0.15, -0.1) is 0 Å². The Morgan fingerprint density at radius 2 is 2.11 bits per heavy atom. The topological polar surface area (TPSA) is 3.24 Å². The molecule has 0 aromatic carbocycles. The Kier molecular flexibility index (Phi) is 1.47. The molecule has 0 spiro atoms. The van der Waals surface area contributed by atoms with Crippen molar-refractivity contribution < 1.29 is 8.78 Å². The molecule has 1 nitrogen and oxygen atoms in total. The summed E-state index contributed by atoms with van der Waals surface area (Å²) in [5.41, 5.74) is 0. The van der Waals surface area contributed by atoms with E-state index in [0.29, 0.717) is 6.54 Å². The highest BCUT2D eigenvalue weighted by Gasteiger charge is 2.43. The van der Waals surface area contributed by atoms with Crippen LogP contribution in [0.2, 0.25) is 0 Å². The normalized spacial score (nSPS) is 35.3. The van der Waals surface area contributed by atoms with Gasteiger partial charge in [-0.1, -0.05) is 0 Å². The van der Waals surface area contributed by atoms with Crippen LogP contribution in [0.5, 0.6) is 0 Å². The maximum absolute atomic E-state index is 12.5. The Labute approximate surface area is 53.6 Å². The molecule has 1 heterocycles. The smallest absolute Gasteiger partial charge is 0.264 e. The minimum atomic E-state index is -2.45. The third-order valence-electron chi connectivity index (χ3n) is 2.07. The molecule has 0 aromatic rings. The maximum atomic E-state index is 12.5. The van der Waals surface area contributed by atoms with Crippen LogP contribution in [0.15, 0.2) is 0 Å². The Morgan fingerprint density at radius 1 is 1.56 bits per heavy atom. The summed E-state index contributed by atoms with van der Waals surface area (Å²) in [6, 6.07) is -0.572. The molecule has 0 aliphatic carbocycles. The molecule has 1 aliphatic rings. The predicted octanol–water partition coefficient (Wildman–Crippen LogP) is 1.35. The van der Waals surface area contributed by atoms with Gasteiger partial charge in [0.05, 0.1) is 6.04 Å². The maximum Gasteiger partial charge on any atom is 0.264 e. The zero-order chi connectivity index (χ0) is 7.07. The number of nitrogens with zero attached hydrogens (tertiary/aromatic N) is 1. The van der Waals surface area contributed by atoms with E-state index in [-0.39, 0.29) is 6.42 Å². The molecule has 1 saturated heterocycles. The van der Waals surface area contributed by atoms with E-state index in [1.165, 1.54) is 0 Å². The average Bonchev–Trinajstić information content (AvgIpc) is 1.97. The fourth-order valence-corrected chi connectivity index (χ4v) is 1.05. The number of alkyl halides is 2. The first-order valence-corrected chi connectivity index (χ1v) is 3.12. The highest BCUT2D eigenvalue weighted by atomic mass is 19.3. The Balaban J connectivity index is 2.62. The summed E-state index contributed by atoms with van der Waals surface area (Å²) in [5, 5.41) is 0. The molecule has 0 bridgehead atoms. The molecule has 0 radical (unpaired) electrons. The molecule has 0 aromatic heterocycles. The van der Waals surface area contributed by atoms with Crippen LogP contribution in [-0.4, -0.2) is 30.5 Å². The van der Waals surface area contributed by atoms with Gasteiger partial charge < -0.3 is 0 Å². The van der Waals surface area contributed by atoms with Gasteiger partial charge in [-0.2, -0.15) is 0 Å². The van der Waals surface area contributed by atoms with E-state index in [1.54, 1.807) is 18.9 Å². The molecule has 1 aliphatic heterocycles. The van der Waals surface area contributed by atoms with Crippen molar-refractivity contribution in [1.82, 2.24) is 4.90 Å². The van der Waals surface area contributed by atoms with Crippen molar-refractivity contribution in [1.29, 1.82) is 0 Å². The van der Waals surface area contributed by atoms with Gasteiger partial charge in [0.15, 0.2) is 0 Å². The van der Waals surface area contributed by atoms with Gasteiger partial charge in [0, 0.05) is 13.0 Å². The molecule has 9 heavy (non-hydrogen) atoms. The fourth-order valence-electron chi connectivity index (χ4n) is 1.05. The van der Waals surface area contributed by atoms with E-state index >= 15 is 0 Å². The van der Waals surface area contributed by atoms with Crippen LogP contribution in [-0.2, 0) is 0 Å². The summed E-state index contributed by atoms with van der Waals surface area (Å²) < 4.78 is 25.1. The highest BCUT2D eigenvalue weighted by Crippen LogP contribution is 2.31. The molecule has 1 fully saturated rings. The van der Waals surface area contributed by atoms with Crippen LogP contribution >= 0.6 is 0 Å². The molecule has 0 saturated carbocycles. The van der Waals surface area contributed by atoms with E-state index in [9.17, 15) is 8.78 Å². The molecule has 0 N–H and O–H groups in total. The van der Waals surface area contributed by atoms with Crippen LogP contribution < -0.4 is 0 Å². The minimum absolute atomic E-state index is 0.0185. The standard InChI is InChI=1S/C6H11F2N/c1-5-6(7,8)3-4-9(5)2/h5H,3-4H2,1-2H3/t5-/m1/s1.